The number of hydrogen-bond acceptors (Lipinski definition) is 4. The summed E-state index contributed by atoms with van der Waals surface area (Å²) in [6.07, 6.45) is 6.43. The van der Waals surface area contributed by atoms with E-state index in [9.17, 15) is 4.79 Å². The number of hydrogen-bond donors (Lipinski definition) is 1. The molecule has 0 aliphatic carbocycles. The summed E-state index contributed by atoms with van der Waals surface area (Å²) in [5, 5.41) is 8.87. The first-order chi connectivity index (χ1) is 8.20. The van der Waals surface area contributed by atoms with E-state index in [1.807, 2.05) is 0 Å². The van der Waals surface area contributed by atoms with Gasteiger partial charge in [0.2, 0.25) is 0 Å². The molecule has 17 heavy (non-hydrogen) atoms. The Bertz CT molecular complexity index is 400. The number of carbonyl (C=O) groups is 1. The minimum absolute atomic E-state index is 0.0140. The molecule has 92 valence electrons. The standard InChI is InChI=1S/C12H17N3O2/c1-2-9-3-5-15(6-4-9)11-8-13-7-10(14-11)12(16)17/h7-9H,2-6H2,1H3,(H,16,17). The van der Waals surface area contributed by atoms with Crippen molar-refractivity contribution >= 4 is 11.8 Å². The predicted octanol–water partition coefficient (Wildman–Crippen LogP) is 1.80. The van der Waals surface area contributed by atoms with Gasteiger partial charge >= 0.3 is 5.97 Å². The zero-order valence-corrected chi connectivity index (χ0v) is 9.96. The van der Waals surface area contributed by atoms with Crippen molar-refractivity contribution in [2.45, 2.75) is 26.2 Å². The molecular weight excluding hydrogens is 218 g/mol. The molecule has 0 amide bonds. The number of rotatable bonds is 3. The Morgan fingerprint density at radius 2 is 2.18 bits per heavy atom. The monoisotopic (exact) mass is 235 g/mol. The molecule has 0 unspecified atom stereocenters. The van der Waals surface area contributed by atoms with Crippen LogP contribution in [0.3, 0.4) is 0 Å². The lowest BCUT2D eigenvalue weighted by molar-refractivity contribution is 0.0690. The summed E-state index contributed by atoms with van der Waals surface area (Å²) >= 11 is 0. The Labute approximate surface area is 100 Å². The van der Waals surface area contributed by atoms with E-state index >= 15 is 0 Å². The summed E-state index contributed by atoms with van der Waals surface area (Å²) in [5.74, 6) is 0.448. The van der Waals surface area contributed by atoms with Crippen molar-refractivity contribution in [3.63, 3.8) is 0 Å². The number of anilines is 1. The van der Waals surface area contributed by atoms with E-state index in [4.69, 9.17) is 5.11 Å². The molecule has 2 heterocycles. The van der Waals surface area contributed by atoms with Gasteiger partial charge < -0.3 is 10.0 Å². The SMILES string of the molecule is CCC1CCN(c2cncc(C(=O)O)n2)CC1. The van der Waals surface area contributed by atoms with Crippen LogP contribution in [0, 0.1) is 5.92 Å². The maximum atomic E-state index is 10.8. The van der Waals surface area contributed by atoms with Crippen LogP contribution < -0.4 is 4.90 Å². The van der Waals surface area contributed by atoms with Crippen LogP contribution in [0.15, 0.2) is 12.4 Å². The molecule has 0 radical (unpaired) electrons. The highest BCUT2D eigenvalue weighted by atomic mass is 16.4. The summed E-state index contributed by atoms with van der Waals surface area (Å²) in [6, 6.07) is 0. The van der Waals surface area contributed by atoms with Gasteiger partial charge in [-0.15, -0.1) is 0 Å². The van der Waals surface area contributed by atoms with Gasteiger partial charge in [-0.1, -0.05) is 13.3 Å². The molecule has 1 aromatic rings. The average molecular weight is 235 g/mol. The van der Waals surface area contributed by atoms with Crippen LogP contribution in [0.25, 0.3) is 0 Å². The fourth-order valence-electron chi connectivity index (χ4n) is 2.18. The van der Waals surface area contributed by atoms with E-state index in [1.165, 1.54) is 12.6 Å². The van der Waals surface area contributed by atoms with Gasteiger partial charge in [0.15, 0.2) is 5.69 Å². The predicted molar refractivity (Wildman–Crippen MR) is 64.2 cm³/mol. The third-order valence-corrected chi connectivity index (χ3v) is 3.36. The van der Waals surface area contributed by atoms with Gasteiger partial charge in [-0.25, -0.2) is 9.78 Å². The molecule has 2 rings (SSSR count). The molecule has 5 nitrogen and oxygen atoms in total. The van der Waals surface area contributed by atoms with Gasteiger partial charge in [-0.3, -0.25) is 4.98 Å². The Kier molecular flexibility index (Phi) is 3.56. The van der Waals surface area contributed by atoms with Gasteiger partial charge in [-0.05, 0) is 18.8 Å². The number of piperidine rings is 1. The van der Waals surface area contributed by atoms with Crippen LogP contribution in [-0.2, 0) is 0 Å². The zero-order chi connectivity index (χ0) is 12.3. The molecular formula is C12H17N3O2. The Hall–Kier alpha value is -1.65. The van der Waals surface area contributed by atoms with Gasteiger partial charge in [0.1, 0.15) is 5.82 Å². The maximum absolute atomic E-state index is 10.8. The molecule has 0 atom stereocenters. The summed E-state index contributed by atoms with van der Waals surface area (Å²) in [5.41, 5.74) is 0.0140. The third-order valence-electron chi connectivity index (χ3n) is 3.36. The first-order valence-electron chi connectivity index (χ1n) is 6.01. The van der Waals surface area contributed by atoms with Crippen LogP contribution >= 0.6 is 0 Å². The van der Waals surface area contributed by atoms with Crippen molar-refractivity contribution in [3.8, 4) is 0 Å². The molecule has 1 fully saturated rings. The fourth-order valence-corrected chi connectivity index (χ4v) is 2.18. The minimum Gasteiger partial charge on any atom is -0.476 e. The third kappa shape index (κ3) is 2.72. The van der Waals surface area contributed by atoms with E-state index < -0.39 is 5.97 Å². The van der Waals surface area contributed by atoms with Crippen molar-refractivity contribution in [1.29, 1.82) is 0 Å². The molecule has 1 N–H and O–H groups in total. The molecule has 0 saturated carbocycles. The van der Waals surface area contributed by atoms with Gasteiger partial charge in [0.05, 0.1) is 12.4 Å². The first-order valence-corrected chi connectivity index (χ1v) is 6.01. The number of aromatic nitrogens is 2. The fraction of sp³-hybridized carbons (Fsp3) is 0.583. The second kappa shape index (κ2) is 5.12. The van der Waals surface area contributed by atoms with Crippen molar-refractivity contribution in [1.82, 2.24) is 9.97 Å². The van der Waals surface area contributed by atoms with Gasteiger partial charge in [0.25, 0.3) is 0 Å². The lowest BCUT2D eigenvalue weighted by Crippen LogP contribution is -2.34. The number of carboxylic acids is 1. The number of aromatic carboxylic acids is 1. The van der Waals surface area contributed by atoms with Crippen molar-refractivity contribution in [3.05, 3.63) is 18.1 Å². The van der Waals surface area contributed by atoms with E-state index in [2.05, 4.69) is 21.8 Å². The lowest BCUT2D eigenvalue weighted by Gasteiger charge is -2.32. The molecule has 1 aliphatic heterocycles. The van der Waals surface area contributed by atoms with Crippen LogP contribution in [0.4, 0.5) is 5.82 Å². The quantitative estimate of drug-likeness (QED) is 0.865. The Morgan fingerprint density at radius 1 is 1.47 bits per heavy atom. The number of carboxylic acid groups (broad SMARTS) is 1. The van der Waals surface area contributed by atoms with E-state index in [1.54, 1.807) is 6.20 Å². The van der Waals surface area contributed by atoms with Crippen LogP contribution in [0.2, 0.25) is 0 Å². The van der Waals surface area contributed by atoms with Crippen molar-refractivity contribution in [2.24, 2.45) is 5.92 Å². The smallest absolute Gasteiger partial charge is 0.356 e. The molecule has 5 heteroatoms. The summed E-state index contributed by atoms with van der Waals surface area (Å²) in [6.45, 7) is 4.09. The molecule has 0 spiro atoms. The highest BCUT2D eigenvalue weighted by molar-refractivity contribution is 5.85. The minimum atomic E-state index is -1.03. The van der Waals surface area contributed by atoms with Crippen molar-refractivity contribution < 1.29 is 9.90 Å². The van der Waals surface area contributed by atoms with Crippen molar-refractivity contribution in [2.75, 3.05) is 18.0 Å². The lowest BCUT2D eigenvalue weighted by atomic mass is 9.94. The topological polar surface area (TPSA) is 66.3 Å². The summed E-state index contributed by atoms with van der Waals surface area (Å²) in [7, 11) is 0. The van der Waals surface area contributed by atoms with E-state index in [0.29, 0.717) is 5.82 Å². The van der Waals surface area contributed by atoms with E-state index in [0.717, 1.165) is 31.8 Å². The maximum Gasteiger partial charge on any atom is 0.356 e. The highest BCUT2D eigenvalue weighted by Crippen LogP contribution is 2.23. The molecule has 0 aromatic carbocycles. The zero-order valence-electron chi connectivity index (χ0n) is 9.96. The van der Waals surface area contributed by atoms with Crippen LogP contribution in [-0.4, -0.2) is 34.1 Å². The summed E-state index contributed by atoms with van der Waals surface area (Å²) < 4.78 is 0. The first kappa shape index (κ1) is 11.8. The number of nitrogens with zero attached hydrogens (tertiary/aromatic N) is 3. The molecule has 0 bridgehead atoms. The van der Waals surface area contributed by atoms with Crippen LogP contribution in [0.1, 0.15) is 36.7 Å². The second-order valence-electron chi connectivity index (χ2n) is 4.41. The average Bonchev–Trinajstić information content (AvgIpc) is 2.39. The highest BCUT2D eigenvalue weighted by Gasteiger charge is 2.19. The molecule has 1 aliphatic rings. The van der Waals surface area contributed by atoms with Crippen LogP contribution in [0.5, 0.6) is 0 Å². The normalized spacial score (nSPS) is 17.1. The molecule has 1 aromatic heterocycles. The van der Waals surface area contributed by atoms with Gasteiger partial charge in [-0.2, -0.15) is 0 Å². The second-order valence-corrected chi connectivity index (χ2v) is 4.41. The van der Waals surface area contributed by atoms with E-state index in [-0.39, 0.29) is 5.69 Å². The summed E-state index contributed by atoms with van der Waals surface area (Å²) in [4.78, 5) is 21.0. The van der Waals surface area contributed by atoms with Gasteiger partial charge in [0, 0.05) is 13.1 Å². The Morgan fingerprint density at radius 3 is 2.76 bits per heavy atom. The molecule has 1 saturated heterocycles. The Balaban J connectivity index is 2.08. The largest absolute Gasteiger partial charge is 0.476 e.